The van der Waals surface area contributed by atoms with Crippen molar-refractivity contribution in [1.82, 2.24) is 0 Å². The Labute approximate surface area is 136 Å². The summed E-state index contributed by atoms with van der Waals surface area (Å²) in [5, 5.41) is 0. The topological polar surface area (TPSA) is 58.9 Å². The second kappa shape index (κ2) is 6.87. The molecule has 1 saturated heterocycles. The fourth-order valence-electron chi connectivity index (χ4n) is 2.54. The molecule has 2 aromatic rings. The number of nitrogens with zero attached hydrogens (tertiary/aromatic N) is 2. The first kappa shape index (κ1) is 15.6. The Morgan fingerprint density at radius 2 is 1.13 bits per heavy atom. The van der Waals surface area contributed by atoms with E-state index in [0.717, 1.165) is 11.1 Å². The van der Waals surface area contributed by atoms with Gasteiger partial charge in [0.25, 0.3) is 0 Å². The van der Waals surface area contributed by atoms with E-state index in [1.54, 1.807) is 12.4 Å². The van der Waals surface area contributed by atoms with Gasteiger partial charge in [0.05, 0.1) is 23.6 Å². The molecule has 0 spiro atoms. The molecule has 0 aromatic heterocycles. The molecule has 2 aromatic carbocycles. The Morgan fingerprint density at radius 3 is 1.52 bits per heavy atom. The van der Waals surface area contributed by atoms with E-state index in [1.165, 1.54) is 0 Å². The molecule has 1 aliphatic rings. The van der Waals surface area contributed by atoms with Gasteiger partial charge in [-0.25, -0.2) is 8.42 Å². The van der Waals surface area contributed by atoms with Crippen LogP contribution in [0.4, 0.5) is 0 Å². The molecule has 23 heavy (non-hydrogen) atoms. The molecule has 0 unspecified atom stereocenters. The van der Waals surface area contributed by atoms with Crippen LogP contribution in [0.5, 0.6) is 0 Å². The summed E-state index contributed by atoms with van der Waals surface area (Å²) in [6.45, 7) is 0. The van der Waals surface area contributed by atoms with E-state index in [4.69, 9.17) is 0 Å². The number of sulfone groups is 1. The van der Waals surface area contributed by atoms with E-state index in [1.807, 2.05) is 60.7 Å². The predicted molar refractivity (Wildman–Crippen MR) is 94.3 cm³/mol. The summed E-state index contributed by atoms with van der Waals surface area (Å²) in [6.07, 6.45) is 3.47. The maximum atomic E-state index is 11.9. The van der Waals surface area contributed by atoms with Gasteiger partial charge in [0.2, 0.25) is 0 Å². The molecule has 5 heteroatoms. The Balaban J connectivity index is 1.77. The summed E-state index contributed by atoms with van der Waals surface area (Å²) in [5.74, 6) is 0.125. The first-order valence-electron chi connectivity index (χ1n) is 7.49. The molecule has 1 heterocycles. The number of hydrogen-bond donors (Lipinski definition) is 0. The lowest BCUT2D eigenvalue weighted by Crippen LogP contribution is -2.20. The van der Waals surface area contributed by atoms with Crippen molar-refractivity contribution in [3.05, 3.63) is 71.8 Å². The Bertz CT molecular complexity index is 736. The van der Waals surface area contributed by atoms with Crippen LogP contribution in [0.25, 0.3) is 0 Å². The minimum atomic E-state index is -3.08. The maximum Gasteiger partial charge on any atom is 0.154 e. The summed E-state index contributed by atoms with van der Waals surface area (Å²) in [7, 11) is -3.08. The number of rotatable bonds is 4. The Hall–Kier alpha value is -2.27. The largest absolute Gasteiger partial charge is 0.286 e. The zero-order valence-electron chi connectivity index (χ0n) is 12.6. The molecule has 0 radical (unpaired) electrons. The first-order chi connectivity index (χ1) is 11.1. The molecule has 0 bridgehead atoms. The zero-order valence-corrected chi connectivity index (χ0v) is 13.4. The fraction of sp³-hybridized carbons (Fsp3) is 0.222. The molecule has 1 aliphatic heterocycles. The van der Waals surface area contributed by atoms with E-state index in [-0.39, 0.29) is 23.6 Å². The lowest BCUT2D eigenvalue weighted by Gasteiger charge is -2.08. The van der Waals surface area contributed by atoms with Crippen LogP contribution in [-0.2, 0) is 9.84 Å². The van der Waals surface area contributed by atoms with Gasteiger partial charge in [0.15, 0.2) is 9.84 Å². The molecule has 1 fully saturated rings. The van der Waals surface area contributed by atoms with Crippen molar-refractivity contribution in [3.8, 4) is 0 Å². The molecule has 3 rings (SSSR count). The normalized spacial score (nSPS) is 23.7. The quantitative estimate of drug-likeness (QED) is 0.810. The van der Waals surface area contributed by atoms with Gasteiger partial charge >= 0.3 is 0 Å². The van der Waals surface area contributed by atoms with Crippen molar-refractivity contribution in [1.29, 1.82) is 0 Å². The van der Waals surface area contributed by atoms with Crippen LogP contribution >= 0.6 is 0 Å². The van der Waals surface area contributed by atoms with Crippen molar-refractivity contribution in [2.24, 2.45) is 9.98 Å². The van der Waals surface area contributed by atoms with Gasteiger partial charge in [0.1, 0.15) is 0 Å². The summed E-state index contributed by atoms with van der Waals surface area (Å²) in [6, 6.07) is 18.7. The van der Waals surface area contributed by atoms with Crippen LogP contribution in [0.15, 0.2) is 70.6 Å². The van der Waals surface area contributed by atoms with Crippen LogP contribution in [0.1, 0.15) is 11.1 Å². The molecule has 4 nitrogen and oxygen atoms in total. The molecule has 0 N–H and O–H groups in total. The van der Waals surface area contributed by atoms with Crippen LogP contribution in [0, 0.1) is 0 Å². The minimum Gasteiger partial charge on any atom is -0.286 e. The lowest BCUT2D eigenvalue weighted by atomic mass is 10.2. The van der Waals surface area contributed by atoms with E-state index >= 15 is 0 Å². The van der Waals surface area contributed by atoms with E-state index in [9.17, 15) is 8.42 Å². The second-order valence-electron chi connectivity index (χ2n) is 5.59. The van der Waals surface area contributed by atoms with Gasteiger partial charge in [-0.2, -0.15) is 0 Å². The Kier molecular flexibility index (Phi) is 4.67. The first-order valence-corrected chi connectivity index (χ1v) is 9.31. The summed E-state index contributed by atoms with van der Waals surface area (Å²) in [4.78, 5) is 8.93. The van der Waals surface area contributed by atoms with Crippen molar-refractivity contribution in [2.45, 2.75) is 12.1 Å². The molecule has 0 saturated carbocycles. The molecule has 0 amide bonds. The summed E-state index contributed by atoms with van der Waals surface area (Å²) >= 11 is 0. The van der Waals surface area contributed by atoms with Gasteiger partial charge in [-0.3, -0.25) is 9.98 Å². The van der Waals surface area contributed by atoms with Gasteiger partial charge < -0.3 is 0 Å². The van der Waals surface area contributed by atoms with Gasteiger partial charge in [-0.05, 0) is 11.1 Å². The third-order valence-electron chi connectivity index (χ3n) is 3.72. The van der Waals surface area contributed by atoms with Crippen molar-refractivity contribution >= 4 is 22.3 Å². The third-order valence-corrected chi connectivity index (χ3v) is 5.42. The molecule has 118 valence electrons. The third kappa shape index (κ3) is 4.36. The van der Waals surface area contributed by atoms with Gasteiger partial charge in [-0.15, -0.1) is 0 Å². The predicted octanol–water partition coefficient (Wildman–Crippen LogP) is 2.39. The molecule has 2 atom stereocenters. The summed E-state index contributed by atoms with van der Waals surface area (Å²) in [5.41, 5.74) is 1.92. The smallest absolute Gasteiger partial charge is 0.154 e. The van der Waals surface area contributed by atoms with Gasteiger partial charge in [0, 0.05) is 12.4 Å². The van der Waals surface area contributed by atoms with E-state index < -0.39 is 9.84 Å². The lowest BCUT2D eigenvalue weighted by molar-refractivity contribution is 0.601. The van der Waals surface area contributed by atoms with Crippen molar-refractivity contribution < 1.29 is 8.42 Å². The van der Waals surface area contributed by atoms with Crippen LogP contribution in [0.2, 0.25) is 0 Å². The summed E-state index contributed by atoms with van der Waals surface area (Å²) < 4.78 is 23.9. The number of benzene rings is 2. The number of aliphatic imine (C=N–C) groups is 2. The average molecular weight is 326 g/mol. The van der Waals surface area contributed by atoms with E-state index in [2.05, 4.69) is 9.98 Å². The highest BCUT2D eigenvalue weighted by molar-refractivity contribution is 7.91. The molecular weight excluding hydrogens is 308 g/mol. The molecule has 0 aliphatic carbocycles. The molecular formula is C18H18N2O2S. The second-order valence-corrected chi connectivity index (χ2v) is 7.74. The van der Waals surface area contributed by atoms with Crippen LogP contribution < -0.4 is 0 Å². The number of hydrogen-bond acceptors (Lipinski definition) is 4. The standard InChI is InChI=1S/C18H18N2O2S/c21-23(22)13-17(19-11-15-7-3-1-4-8-15)18(14-23)20-12-16-9-5-2-6-10-16/h1-12,17-18H,13-14H2/t17-,18+. The maximum absolute atomic E-state index is 11.9. The average Bonchev–Trinajstić information content (AvgIpc) is 2.87. The monoisotopic (exact) mass is 326 g/mol. The zero-order chi connectivity index (χ0) is 16.1. The SMILES string of the molecule is O=S1(=O)C[C@H](N=Cc2ccccc2)[C@H](N=Cc2ccccc2)C1. The minimum absolute atomic E-state index is 0.0626. The van der Waals surface area contributed by atoms with Crippen LogP contribution in [0.3, 0.4) is 0 Å². The highest BCUT2D eigenvalue weighted by Gasteiger charge is 2.36. The van der Waals surface area contributed by atoms with E-state index in [0.29, 0.717) is 0 Å². The Morgan fingerprint density at radius 1 is 0.739 bits per heavy atom. The van der Waals surface area contributed by atoms with Crippen LogP contribution in [-0.4, -0.2) is 44.4 Å². The fourth-order valence-corrected chi connectivity index (χ4v) is 4.33. The highest BCUT2D eigenvalue weighted by atomic mass is 32.2. The van der Waals surface area contributed by atoms with Crippen molar-refractivity contribution in [2.75, 3.05) is 11.5 Å². The highest BCUT2D eigenvalue weighted by Crippen LogP contribution is 2.19. The van der Waals surface area contributed by atoms with Gasteiger partial charge in [-0.1, -0.05) is 60.7 Å². The van der Waals surface area contributed by atoms with Crippen molar-refractivity contribution in [3.63, 3.8) is 0 Å².